The molecule has 2 aliphatic carbocycles. The van der Waals surface area contributed by atoms with E-state index >= 15 is 0 Å². The van der Waals surface area contributed by atoms with Gasteiger partial charge in [-0.2, -0.15) is 5.10 Å². The summed E-state index contributed by atoms with van der Waals surface area (Å²) in [4.78, 5) is 11.5. The summed E-state index contributed by atoms with van der Waals surface area (Å²) < 4.78 is 0. The summed E-state index contributed by atoms with van der Waals surface area (Å²) in [6.07, 6.45) is 9.17. The maximum atomic E-state index is 11.5. The van der Waals surface area contributed by atoms with Crippen LogP contribution < -0.4 is 5.43 Å². The first-order chi connectivity index (χ1) is 9.83. The molecule has 0 radical (unpaired) electrons. The third-order valence-electron chi connectivity index (χ3n) is 4.45. The topological polar surface area (TPSA) is 41.5 Å². The molecule has 0 aliphatic heterocycles. The SMILES string of the molecule is O=C1CCCC1=NNc1ccc(C2CCCCC2)cc1. The monoisotopic (exact) mass is 270 g/mol. The van der Waals surface area contributed by atoms with Crippen LogP contribution in [0.4, 0.5) is 5.69 Å². The van der Waals surface area contributed by atoms with Crippen molar-refractivity contribution in [1.29, 1.82) is 0 Å². The van der Waals surface area contributed by atoms with Crippen LogP contribution in [0.2, 0.25) is 0 Å². The molecule has 3 nitrogen and oxygen atoms in total. The average molecular weight is 270 g/mol. The van der Waals surface area contributed by atoms with Crippen LogP contribution in [0.15, 0.2) is 29.4 Å². The molecule has 3 heteroatoms. The van der Waals surface area contributed by atoms with Crippen LogP contribution >= 0.6 is 0 Å². The van der Waals surface area contributed by atoms with Crippen molar-refractivity contribution in [2.45, 2.75) is 57.3 Å². The molecular formula is C17H22N2O. The molecule has 0 unspecified atom stereocenters. The van der Waals surface area contributed by atoms with E-state index in [1.54, 1.807) is 0 Å². The largest absolute Gasteiger partial charge is 0.293 e. The number of rotatable bonds is 3. The van der Waals surface area contributed by atoms with E-state index in [0.717, 1.165) is 24.4 Å². The van der Waals surface area contributed by atoms with Crippen molar-refractivity contribution < 1.29 is 4.79 Å². The smallest absolute Gasteiger partial charge is 0.178 e. The molecule has 1 N–H and O–H groups in total. The van der Waals surface area contributed by atoms with Crippen LogP contribution in [0.25, 0.3) is 0 Å². The Bertz CT molecular complexity index is 498. The fourth-order valence-corrected chi connectivity index (χ4v) is 3.22. The molecule has 2 saturated carbocycles. The van der Waals surface area contributed by atoms with E-state index in [-0.39, 0.29) is 5.78 Å². The van der Waals surface area contributed by atoms with Crippen molar-refractivity contribution in [1.82, 2.24) is 0 Å². The predicted octanol–water partition coefficient (Wildman–Crippen LogP) is 4.26. The number of hydrogen-bond acceptors (Lipinski definition) is 3. The van der Waals surface area contributed by atoms with Crippen molar-refractivity contribution in [2.75, 3.05) is 5.43 Å². The number of carbonyl (C=O) groups excluding carboxylic acids is 1. The molecular weight excluding hydrogens is 248 g/mol. The summed E-state index contributed by atoms with van der Waals surface area (Å²) in [6, 6.07) is 8.56. The van der Waals surface area contributed by atoms with Gasteiger partial charge in [0.05, 0.1) is 5.69 Å². The lowest BCUT2D eigenvalue weighted by Gasteiger charge is -2.22. The number of Topliss-reactive ketones (excluding diaryl/α,β-unsaturated/α-hetero) is 1. The molecule has 0 heterocycles. The molecule has 0 saturated heterocycles. The van der Waals surface area contributed by atoms with Gasteiger partial charge in [0.1, 0.15) is 5.71 Å². The highest BCUT2D eigenvalue weighted by Gasteiger charge is 2.18. The molecule has 0 bridgehead atoms. The Morgan fingerprint density at radius 1 is 0.950 bits per heavy atom. The van der Waals surface area contributed by atoms with Crippen molar-refractivity contribution >= 4 is 17.2 Å². The maximum Gasteiger partial charge on any atom is 0.178 e. The summed E-state index contributed by atoms with van der Waals surface area (Å²) in [5.41, 5.74) is 6.12. The number of hydrazone groups is 1. The second-order valence-electron chi connectivity index (χ2n) is 5.90. The molecule has 0 aromatic heterocycles. The highest BCUT2D eigenvalue weighted by atomic mass is 16.1. The first-order valence-corrected chi connectivity index (χ1v) is 7.78. The molecule has 2 aliphatic rings. The highest BCUT2D eigenvalue weighted by Crippen LogP contribution is 2.32. The van der Waals surface area contributed by atoms with Crippen LogP contribution in [0.5, 0.6) is 0 Å². The molecule has 20 heavy (non-hydrogen) atoms. The lowest BCUT2D eigenvalue weighted by Crippen LogP contribution is -2.07. The molecule has 1 aromatic carbocycles. The van der Waals surface area contributed by atoms with Gasteiger partial charge in [0.25, 0.3) is 0 Å². The summed E-state index contributed by atoms with van der Waals surface area (Å²) in [5, 5.41) is 4.23. The number of hydrogen-bond donors (Lipinski definition) is 1. The van der Waals surface area contributed by atoms with Crippen LogP contribution in [0.3, 0.4) is 0 Å². The Morgan fingerprint density at radius 3 is 2.35 bits per heavy atom. The molecule has 0 amide bonds. The highest BCUT2D eigenvalue weighted by molar-refractivity contribution is 6.41. The van der Waals surface area contributed by atoms with E-state index < -0.39 is 0 Å². The molecule has 0 spiro atoms. The number of ketones is 1. The lowest BCUT2D eigenvalue weighted by molar-refractivity contribution is -0.112. The fourth-order valence-electron chi connectivity index (χ4n) is 3.22. The normalized spacial score (nSPS) is 22.4. The van der Waals surface area contributed by atoms with Gasteiger partial charge in [-0.25, -0.2) is 0 Å². The Kier molecular flexibility index (Phi) is 4.14. The first kappa shape index (κ1) is 13.3. The Balaban J connectivity index is 1.62. The summed E-state index contributed by atoms with van der Waals surface area (Å²) in [5.74, 6) is 0.928. The number of carbonyl (C=O) groups is 1. The zero-order chi connectivity index (χ0) is 13.8. The van der Waals surface area contributed by atoms with E-state index in [9.17, 15) is 4.79 Å². The third kappa shape index (κ3) is 3.09. The first-order valence-electron chi connectivity index (χ1n) is 7.78. The second kappa shape index (κ2) is 6.21. The van der Waals surface area contributed by atoms with Gasteiger partial charge in [-0.05, 0) is 49.3 Å². The Hall–Kier alpha value is -1.64. The zero-order valence-corrected chi connectivity index (χ0v) is 11.9. The van der Waals surface area contributed by atoms with Gasteiger partial charge in [0.15, 0.2) is 5.78 Å². The van der Waals surface area contributed by atoms with Crippen molar-refractivity contribution in [3.05, 3.63) is 29.8 Å². The molecule has 1 aromatic rings. The fraction of sp³-hybridized carbons (Fsp3) is 0.529. The Morgan fingerprint density at radius 2 is 1.70 bits per heavy atom. The molecule has 2 fully saturated rings. The lowest BCUT2D eigenvalue weighted by atomic mass is 9.84. The second-order valence-corrected chi connectivity index (χ2v) is 5.90. The van der Waals surface area contributed by atoms with Gasteiger partial charge in [0, 0.05) is 6.42 Å². The van der Waals surface area contributed by atoms with Gasteiger partial charge in [0.2, 0.25) is 0 Å². The number of anilines is 1. The van der Waals surface area contributed by atoms with E-state index in [4.69, 9.17) is 0 Å². The van der Waals surface area contributed by atoms with Gasteiger partial charge in [-0.15, -0.1) is 0 Å². The van der Waals surface area contributed by atoms with Gasteiger partial charge in [-0.3, -0.25) is 10.2 Å². The Labute approximate surface area is 120 Å². The van der Waals surface area contributed by atoms with Crippen molar-refractivity contribution in [3.8, 4) is 0 Å². The number of nitrogens with zero attached hydrogens (tertiary/aromatic N) is 1. The minimum Gasteiger partial charge on any atom is -0.293 e. The van der Waals surface area contributed by atoms with Gasteiger partial charge < -0.3 is 0 Å². The average Bonchev–Trinajstić information content (AvgIpc) is 2.92. The van der Waals surface area contributed by atoms with E-state index in [0.29, 0.717) is 12.1 Å². The van der Waals surface area contributed by atoms with Crippen LogP contribution in [0.1, 0.15) is 62.8 Å². The zero-order valence-electron chi connectivity index (χ0n) is 11.9. The molecule has 0 atom stereocenters. The van der Waals surface area contributed by atoms with Gasteiger partial charge >= 0.3 is 0 Å². The van der Waals surface area contributed by atoms with E-state index in [1.165, 1.54) is 37.7 Å². The minimum atomic E-state index is 0.191. The summed E-state index contributed by atoms with van der Waals surface area (Å²) in [6.45, 7) is 0. The number of nitrogens with one attached hydrogen (secondary N) is 1. The van der Waals surface area contributed by atoms with Gasteiger partial charge in [-0.1, -0.05) is 31.4 Å². The standard InChI is InChI=1S/C17H22N2O/c20-17-8-4-7-16(17)19-18-15-11-9-14(10-12-15)13-5-2-1-3-6-13/h9-13,18H,1-8H2. The summed E-state index contributed by atoms with van der Waals surface area (Å²) in [7, 11) is 0. The molecule has 106 valence electrons. The van der Waals surface area contributed by atoms with Crippen molar-refractivity contribution in [3.63, 3.8) is 0 Å². The van der Waals surface area contributed by atoms with Crippen LogP contribution in [-0.2, 0) is 4.79 Å². The number of benzene rings is 1. The van der Waals surface area contributed by atoms with Crippen molar-refractivity contribution in [2.24, 2.45) is 5.10 Å². The predicted molar refractivity (Wildman–Crippen MR) is 82.2 cm³/mol. The minimum absolute atomic E-state index is 0.191. The van der Waals surface area contributed by atoms with E-state index in [2.05, 4.69) is 34.8 Å². The summed E-state index contributed by atoms with van der Waals surface area (Å²) >= 11 is 0. The quantitative estimate of drug-likeness (QED) is 0.834. The van der Waals surface area contributed by atoms with Crippen LogP contribution in [0, 0.1) is 0 Å². The third-order valence-corrected chi connectivity index (χ3v) is 4.45. The molecule has 3 rings (SSSR count). The van der Waals surface area contributed by atoms with E-state index in [1.807, 2.05) is 0 Å². The van der Waals surface area contributed by atoms with Crippen LogP contribution in [-0.4, -0.2) is 11.5 Å². The maximum absolute atomic E-state index is 11.5.